The van der Waals surface area contributed by atoms with Crippen molar-refractivity contribution in [2.75, 3.05) is 13.2 Å². The van der Waals surface area contributed by atoms with Gasteiger partial charge in [-0.05, 0) is 13.3 Å². The van der Waals surface area contributed by atoms with Gasteiger partial charge in [0.2, 0.25) is 0 Å². The Kier molecular flexibility index (Phi) is 10.0. The van der Waals surface area contributed by atoms with E-state index in [0.29, 0.717) is 12.0 Å². The Labute approximate surface area is 109 Å². The summed E-state index contributed by atoms with van der Waals surface area (Å²) >= 11 is 0. The Bertz CT molecular complexity index is 271. The molecular weight excluding hydrogens is 232 g/mol. The number of carbonyl (C=O) groups excluding carboxylic acids is 2. The molecule has 0 saturated carbocycles. The third-order valence-electron chi connectivity index (χ3n) is 2.41. The Morgan fingerprint density at radius 1 is 1.00 bits per heavy atom. The molecule has 0 unspecified atom stereocenters. The SMILES string of the molecule is C=C(C)C(=O)OCCOC(=O)CCCCCCC. The summed E-state index contributed by atoms with van der Waals surface area (Å²) < 4.78 is 9.73. The van der Waals surface area contributed by atoms with Gasteiger partial charge < -0.3 is 9.47 Å². The maximum atomic E-state index is 11.3. The van der Waals surface area contributed by atoms with Crippen molar-refractivity contribution in [2.45, 2.75) is 52.4 Å². The summed E-state index contributed by atoms with van der Waals surface area (Å²) in [5.74, 6) is -0.677. The zero-order valence-corrected chi connectivity index (χ0v) is 11.5. The molecule has 0 spiro atoms. The molecule has 0 atom stereocenters. The molecule has 4 heteroatoms. The number of hydrogen-bond donors (Lipinski definition) is 0. The van der Waals surface area contributed by atoms with Crippen molar-refractivity contribution in [3.05, 3.63) is 12.2 Å². The van der Waals surface area contributed by atoms with Crippen LogP contribution in [0, 0.1) is 0 Å². The van der Waals surface area contributed by atoms with Crippen molar-refractivity contribution in [3.63, 3.8) is 0 Å². The smallest absolute Gasteiger partial charge is 0.333 e. The van der Waals surface area contributed by atoms with E-state index in [0.717, 1.165) is 12.8 Å². The summed E-state index contributed by atoms with van der Waals surface area (Å²) in [5.41, 5.74) is 0.345. The third kappa shape index (κ3) is 9.87. The van der Waals surface area contributed by atoms with Crippen LogP contribution in [0.4, 0.5) is 0 Å². The van der Waals surface area contributed by atoms with Crippen LogP contribution in [-0.4, -0.2) is 25.2 Å². The number of hydrogen-bond acceptors (Lipinski definition) is 4. The van der Waals surface area contributed by atoms with Crippen LogP contribution in [0.15, 0.2) is 12.2 Å². The van der Waals surface area contributed by atoms with E-state index in [1.807, 2.05) is 0 Å². The Morgan fingerprint density at radius 3 is 2.22 bits per heavy atom. The predicted molar refractivity (Wildman–Crippen MR) is 70.1 cm³/mol. The molecule has 0 aliphatic carbocycles. The van der Waals surface area contributed by atoms with Crippen LogP contribution in [0.25, 0.3) is 0 Å². The van der Waals surface area contributed by atoms with Crippen LogP contribution in [0.3, 0.4) is 0 Å². The van der Waals surface area contributed by atoms with E-state index >= 15 is 0 Å². The fourth-order valence-corrected chi connectivity index (χ4v) is 1.36. The first kappa shape index (κ1) is 16.7. The average molecular weight is 256 g/mol. The van der Waals surface area contributed by atoms with Gasteiger partial charge in [0, 0.05) is 12.0 Å². The Balaban J connectivity index is 3.37. The van der Waals surface area contributed by atoms with Crippen molar-refractivity contribution < 1.29 is 19.1 Å². The molecule has 0 fully saturated rings. The van der Waals surface area contributed by atoms with Gasteiger partial charge in [-0.15, -0.1) is 0 Å². The van der Waals surface area contributed by atoms with Gasteiger partial charge in [-0.2, -0.15) is 0 Å². The molecule has 4 nitrogen and oxygen atoms in total. The monoisotopic (exact) mass is 256 g/mol. The van der Waals surface area contributed by atoms with Crippen LogP contribution in [0.2, 0.25) is 0 Å². The van der Waals surface area contributed by atoms with Gasteiger partial charge >= 0.3 is 11.9 Å². The molecule has 0 aromatic carbocycles. The quantitative estimate of drug-likeness (QED) is 0.342. The first-order valence-corrected chi connectivity index (χ1v) is 6.56. The fraction of sp³-hybridized carbons (Fsp3) is 0.714. The van der Waals surface area contributed by atoms with Crippen molar-refractivity contribution in [3.8, 4) is 0 Å². The van der Waals surface area contributed by atoms with Crippen LogP contribution < -0.4 is 0 Å². The van der Waals surface area contributed by atoms with Gasteiger partial charge in [-0.3, -0.25) is 4.79 Å². The highest BCUT2D eigenvalue weighted by atomic mass is 16.6. The highest BCUT2D eigenvalue weighted by molar-refractivity contribution is 5.86. The normalized spacial score (nSPS) is 9.89. The lowest BCUT2D eigenvalue weighted by molar-refractivity contribution is -0.150. The number of unbranched alkanes of at least 4 members (excludes halogenated alkanes) is 4. The minimum absolute atomic E-state index is 0.0905. The summed E-state index contributed by atoms with van der Waals surface area (Å²) in [6.07, 6.45) is 5.95. The molecule has 0 aliphatic heterocycles. The van der Waals surface area contributed by atoms with E-state index < -0.39 is 5.97 Å². The van der Waals surface area contributed by atoms with Crippen molar-refractivity contribution in [1.82, 2.24) is 0 Å². The number of carbonyl (C=O) groups is 2. The molecule has 0 aliphatic rings. The maximum Gasteiger partial charge on any atom is 0.333 e. The summed E-state index contributed by atoms with van der Waals surface area (Å²) in [6, 6.07) is 0. The zero-order chi connectivity index (χ0) is 13.8. The highest BCUT2D eigenvalue weighted by Crippen LogP contribution is 2.05. The molecule has 0 aromatic rings. The number of rotatable bonds is 10. The van der Waals surface area contributed by atoms with Gasteiger partial charge in [0.25, 0.3) is 0 Å². The Hall–Kier alpha value is -1.32. The second-order valence-electron chi connectivity index (χ2n) is 4.30. The minimum atomic E-state index is -0.453. The van der Waals surface area contributed by atoms with Crippen LogP contribution >= 0.6 is 0 Å². The molecule has 0 rings (SSSR count). The second-order valence-corrected chi connectivity index (χ2v) is 4.30. The van der Waals surface area contributed by atoms with E-state index in [1.165, 1.54) is 19.3 Å². The lowest BCUT2D eigenvalue weighted by Crippen LogP contribution is -2.14. The molecule has 0 bridgehead atoms. The molecule has 0 saturated heterocycles. The molecule has 0 N–H and O–H groups in total. The van der Waals surface area contributed by atoms with Gasteiger partial charge in [0.1, 0.15) is 13.2 Å². The van der Waals surface area contributed by atoms with Gasteiger partial charge in [0.05, 0.1) is 0 Å². The molecule has 0 heterocycles. The molecule has 104 valence electrons. The minimum Gasteiger partial charge on any atom is -0.462 e. The summed E-state index contributed by atoms with van der Waals surface area (Å²) in [5, 5.41) is 0. The zero-order valence-electron chi connectivity index (χ0n) is 11.5. The molecule has 0 aromatic heterocycles. The number of ether oxygens (including phenoxy) is 2. The highest BCUT2D eigenvalue weighted by Gasteiger charge is 2.05. The first-order valence-electron chi connectivity index (χ1n) is 6.56. The lowest BCUT2D eigenvalue weighted by atomic mass is 10.1. The second kappa shape index (κ2) is 10.8. The topological polar surface area (TPSA) is 52.6 Å². The van der Waals surface area contributed by atoms with Gasteiger partial charge in [0.15, 0.2) is 0 Å². The predicted octanol–water partition coefficient (Wildman–Crippen LogP) is 3.01. The average Bonchev–Trinajstić information content (AvgIpc) is 2.34. The van der Waals surface area contributed by atoms with Crippen LogP contribution in [0.1, 0.15) is 52.4 Å². The van der Waals surface area contributed by atoms with Crippen molar-refractivity contribution in [1.29, 1.82) is 0 Å². The van der Waals surface area contributed by atoms with E-state index in [4.69, 9.17) is 9.47 Å². The molecule has 18 heavy (non-hydrogen) atoms. The molecule has 0 amide bonds. The molecule has 0 radical (unpaired) electrons. The lowest BCUT2D eigenvalue weighted by Gasteiger charge is -2.06. The van der Waals surface area contributed by atoms with Crippen LogP contribution in [0.5, 0.6) is 0 Å². The maximum absolute atomic E-state index is 11.3. The first-order chi connectivity index (χ1) is 8.57. The third-order valence-corrected chi connectivity index (χ3v) is 2.41. The van der Waals surface area contributed by atoms with E-state index in [1.54, 1.807) is 6.92 Å². The summed E-state index contributed by atoms with van der Waals surface area (Å²) in [6.45, 7) is 7.39. The Morgan fingerprint density at radius 2 is 1.61 bits per heavy atom. The fourth-order valence-electron chi connectivity index (χ4n) is 1.36. The summed E-state index contributed by atoms with van der Waals surface area (Å²) in [7, 11) is 0. The van der Waals surface area contributed by atoms with Crippen molar-refractivity contribution >= 4 is 11.9 Å². The van der Waals surface area contributed by atoms with Gasteiger partial charge in [-0.25, -0.2) is 4.79 Å². The van der Waals surface area contributed by atoms with E-state index in [2.05, 4.69) is 13.5 Å². The standard InChI is InChI=1S/C14H24O4/c1-4-5-6-7-8-9-13(15)17-10-11-18-14(16)12(2)3/h2,4-11H2,1,3H3. The van der Waals surface area contributed by atoms with E-state index in [-0.39, 0.29) is 19.2 Å². The summed E-state index contributed by atoms with van der Waals surface area (Å²) in [4.78, 5) is 22.3. The van der Waals surface area contributed by atoms with Crippen molar-refractivity contribution in [2.24, 2.45) is 0 Å². The largest absolute Gasteiger partial charge is 0.462 e. The van der Waals surface area contributed by atoms with Crippen LogP contribution in [-0.2, 0) is 19.1 Å². The van der Waals surface area contributed by atoms with E-state index in [9.17, 15) is 9.59 Å². The molecular formula is C14H24O4. The number of esters is 2. The van der Waals surface area contributed by atoms with Gasteiger partial charge in [-0.1, -0.05) is 39.2 Å².